The summed E-state index contributed by atoms with van der Waals surface area (Å²) in [5, 5.41) is 13.5. The van der Waals surface area contributed by atoms with Crippen LogP contribution in [-0.2, 0) is 0 Å². The number of aromatic nitrogens is 4. The van der Waals surface area contributed by atoms with Gasteiger partial charge in [0.15, 0.2) is 17.6 Å². The zero-order valence-electron chi connectivity index (χ0n) is 12.5. The minimum Gasteiger partial charge on any atom is -0.382 e. The Morgan fingerprint density at radius 2 is 1.91 bits per heavy atom. The number of aryl methyl sites for hydroxylation is 1. The van der Waals surface area contributed by atoms with Crippen molar-refractivity contribution in [2.75, 3.05) is 37.6 Å². The van der Waals surface area contributed by atoms with Gasteiger partial charge in [0.05, 0.1) is 12.4 Å². The van der Waals surface area contributed by atoms with Gasteiger partial charge in [0, 0.05) is 32.7 Å². The van der Waals surface area contributed by atoms with E-state index in [4.69, 9.17) is 5.11 Å². The van der Waals surface area contributed by atoms with Gasteiger partial charge in [0.1, 0.15) is 5.82 Å². The molecule has 0 bridgehead atoms. The Balaban J connectivity index is 1.67. The minimum atomic E-state index is -4.58. The molecule has 0 radical (unpaired) electrons. The van der Waals surface area contributed by atoms with Gasteiger partial charge in [-0.2, -0.15) is 17.7 Å². The maximum absolute atomic E-state index is 12.4. The van der Waals surface area contributed by atoms with Crippen molar-refractivity contribution >= 4 is 11.5 Å². The number of anilines is 1. The number of aliphatic hydroxyl groups is 1. The number of hydrogen-bond donors (Lipinski definition) is 1. The van der Waals surface area contributed by atoms with Crippen LogP contribution in [0, 0.1) is 6.92 Å². The second kappa shape index (κ2) is 5.93. The highest BCUT2D eigenvalue weighted by Crippen LogP contribution is 2.22. The molecule has 1 aliphatic rings. The third-order valence-corrected chi connectivity index (χ3v) is 3.84. The first-order valence-corrected chi connectivity index (χ1v) is 7.24. The highest BCUT2D eigenvalue weighted by atomic mass is 19.4. The van der Waals surface area contributed by atoms with Gasteiger partial charge in [0.2, 0.25) is 0 Å². The number of fused-ring (bicyclic) bond motifs is 1. The van der Waals surface area contributed by atoms with E-state index in [-0.39, 0.29) is 0 Å². The first-order valence-electron chi connectivity index (χ1n) is 7.24. The van der Waals surface area contributed by atoms with Crippen LogP contribution >= 0.6 is 0 Å². The van der Waals surface area contributed by atoms with Crippen LogP contribution in [-0.4, -0.2) is 74.6 Å². The molecule has 3 heterocycles. The summed E-state index contributed by atoms with van der Waals surface area (Å²) in [5.74, 6) is 1.39. The Morgan fingerprint density at radius 3 is 2.57 bits per heavy atom. The van der Waals surface area contributed by atoms with Gasteiger partial charge in [-0.05, 0) is 6.92 Å². The van der Waals surface area contributed by atoms with Crippen LogP contribution in [0.3, 0.4) is 0 Å². The number of halogens is 3. The van der Waals surface area contributed by atoms with E-state index in [9.17, 15) is 13.2 Å². The zero-order valence-corrected chi connectivity index (χ0v) is 12.5. The molecule has 3 rings (SSSR count). The number of β-amino-alcohol motifs (C(OH)–C–C–N with tert-alkyl or cyclic N) is 1. The molecule has 0 spiro atoms. The van der Waals surface area contributed by atoms with Crippen LogP contribution < -0.4 is 4.90 Å². The second-order valence-electron chi connectivity index (χ2n) is 5.54. The Labute approximate surface area is 130 Å². The molecule has 7 nitrogen and oxygen atoms in total. The lowest BCUT2D eigenvalue weighted by atomic mass is 10.2. The summed E-state index contributed by atoms with van der Waals surface area (Å²) in [6.45, 7) is 3.30. The normalized spacial score (nSPS) is 18.6. The third-order valence-electron chi connectivity index (χ3n) is 3.84. The summed E-state index contributed by atoms with van der Waals surface area (Å²) in [6.07, 6.45) is -3.61. The molecule has 1 atom stereocenters. The molecule has 2 aromatic heterocycles. The Hall–Kier alpha value is -1.94. The number of rotatable bonds is 3. The fourth-order valence-electron chi connectivity index (χ4n) is 2.63. The molecule has 1 aliphatic heterocycles. The molecule has 0 unspecified atom stereocenters. The number of piperazine rings is 1. The van der Waals surface area contributed by atoms with Crippen LogP contribution in [0.2, 0.25) is 0 Å². The molecule has 1 saturated heterocycles. The van der Waals surface area contributed by atoms with Crippen LogP contribution in [0.15, 0.2) is 12.4 Å². The quantitative estimate of drug-likeness (QED) is 0.883. The van der Waals surface area contributed by atoms with Gasteiger partial charge in [-0.25, -0.2) is 4.98 Å². The summed E-state index contributed by atoms with van der Waals surface area (Å²) in [6, 6.07) is 0. The molecule has 10 heteroatoms. The van der Waals surface area contributed by atoms with Crippen molar-refractivity contribution in [3.63, 3.8) is 0 Å². The van der Waals surface area contributed by atoms with Crippen LogP contribution in [0.1, 0.15) is 5.82 Å². The smallest absolute Gasteiger partial charge is 0.382 e. The van der Waals surface area contributed by atoms with Crippen LogP contribution in [0.25, 0.3) is 5.65 Å². The van der Waals surface area contributed by atoms with Crippen molar-refractivity contribution in [1.29, 1.82) is 0 Å². The number of alkyl halides is 3. The van der Waals surface area contributed by atoms with E-state index in [2.05, 4.69) is 15.1 Å². The molecule has 0 saturated carbocycles. The number of hydrogen-bond acceptors (Lipinski definition) is 6. The monoisotopic (exact) mass is 330 g/mol. The maximum atomic E-state index is 12.4. The third kappa shape index (κ3) is 3.37. The van der Waals surface area contributed by atoms with Gasteiger partial charge in [-0.3, -0.25) is 9.88 Å². The Kier molecular flexibility index (Phi) is 4.11. The largest absolute Gasteiger partial charge is 0.415 e. The molecule has 1 fully saturated rings. The van der Waals surface area contributed by atoms with Crippen molar-refractivity contribution in [3.8, 4) is 0 Å². The molecule has 0 amide bonds. The van der Waals surface area contributed by atoms with Crippen molar-refractivity contribution in [2.45, 2.75) is 19.2 Å². The summed E-state index contributed by atoms with van der Waals surface area (Å²) in [7, 11) is 0. The van der Waals surface area contributed by atoms with Crippen LogP contribution in [0.5, 0.6) is 0 Å². The molecule has 0 aromatic carbocycles. The average Bonchev–Trinajstić information content (AvgIpc) is 2.87. The zero-order chi connectivity index (χ0) is 16.6. The van der Waals surface area contributed by atoms with Gasteiger partial charge in [-0.15, -0.1) is 5.10 Å². The summed E-state index contributed by atoms with van der Waals surface area (Å²) >= 11 is 0. The lowest BCUT2D eigenvalue weighted by Gasteiger charge is -2.36. The van der Waals surface area contributed by atoms with E-state index in [0.717, 1.165) is 5.82 Å². The molecule has 1 N–H and O–H groups in total. The predicted molar refractivity (Wildman–Crippen MR) is 76.2 cm³/mol. The summed E-state index contributed by atoms with van der Waals surface area (Å²) in [4.78, 5) is 12.0. The van der Waals surface area contributed by atoms with Crippen LogP contribution in [0.4, 0.5) is 19.0 Å². The van der Waals surface area contributed by atoms with Crippen molar-refractivity contribution in [3.05, 3.63) is 18.2 Å². The van der Waals surface area contributed by atoms with E-state index in [1.807, 2.05) is 4.90 Å². The lowest BCUT2D eigenvalue weighted by molar-refractivity contribution is -0.208. The van der Waals surface area contributed by atoms with E-state index in [1.165, 1.54) is 0 Å². The van der Waals surface area contributed by atoms with Gasteiger partial charge >= 0.3 is 6.18 Å². The van der Waals surface area contributed by atoms with E-state index in [1.54, 1.807) is 28.7 Å². The molecule has 23 heavy (non-hydrogen) atoms. The molecular formula is C13H17F3N6O. The van der Waals surface area contributed by atoms with E-state index < -0.39 is 18.8 Å². The van der Waals surface area contributed by atoms with Gasteiger partial charge < -0.3 is 10.0 Å². The Bertz CT molecular complexity index is 680. The topological polar surface area (TPSA) is 69.8 Å². The maximum Gasteiger partial charge on any atom is 0.415 e. The first kappa shape index (κ1) is 15.9. The summed E-state index contributed by atoms with van der Waals surface area (Å²) in [5.41, 5.74) is 0.634. The highest BCUT2D eigenvalue weighted by molar-refractivity contribution is 5.47. The second-order valence-corrected chi connectivity index (χ2v) is 5.54. The minimum absolute atomic E-state index is 0.401. The van der Waals surface area contributed by atoms with E-state index >= 15 is 0 Å². The highest BCUT2D eigenvalue weighted by Gasteiger charge is 2.39. The molecule has 126 valence electrons. The first-order chi connectivity index (χ1) is 10.8. The van der Waals surface area contributed by atoms with Crippen molar-refractivity contribution in [1.82, 2.24) is 24.5 Å². The predicted octanol–water partition coefficient (Wildman–Crippen LogP) is 0.478. The average molecular weight is 330 g/mol. The SMILES string of the molecule is Cc1nc2cncc(N3CCN(C[C@@H](O)C(F)(F)F)CC3)n2n1. The Morgan fingerprint density at radius 1 is 1.22 bits per heavy atom. The summed E-state index contributed by atoms with van der Waals surface area (Å²) < 4.78 is 38.9. The molecular weight excluding hydrogens is 313 g/mol. The van der Waals surface area contributed by atoms with E-state index in [0.29, 0.717) is 37.7 Å². The van der Waals surface area contributed by atoms with Gasteiger partial charge in [0.25, 0.3) is 0 Å². The molecule has 2 aromatic rings. The van der Waals surface area contributed by atoms with Crippen molar-refractivity contribution in [2.24, 2.45) is 0 Å². The number of nitrogens with zero attached hydrogens (tertiary/aromatic N) is 6. The van der Waals surface area contributed by atoms with Gasteiger partial charge in [-0.1, -0.05) is 0 Å². The fraction of sp³-hybridized carbons (Fsp3) is 0.615. The fourth-order valence-corrected chi connectivity index (χ4v) is 2.63. The standard InChI is InChI=1S/C13H17F3N6O/c1-9-18-11-6-17-7-12(22(11)19-9)21-4-2-20(3-5-21)8-10(23)13(14,15)16/h6-7,10,23H,2-5,8H2,1H3/t10-/m1/s1. The lowest BCUT2D eigenvalue weighted by Crippen LogP contribution is -2.51. The number of aliphatic hydroxyl groups excluding tert-OH is 1. The molecule has 0 aliphatic carbocycles. The van der Waals surface area contributed by atoms with Crippen molar-refractivity contribution < 1.29 is 18.3 Å².